The normalized spacial score (nSPS) is 26.6. The first-order valence-electron chi connectivity index (χ1n) is 11.8. The van der Waals surface area contributed by atoms with Crippen molar-refractivity contribution >= 4 is 11.7 Å². The van der Waals surface area contributed by atoms with Gasteiger partial charge in [-0.2, -0.15) is 18.3 Å². The Labute approximate surface area is 197 Å². The number of carbonyl (C=O) groups excluding carboxylic acids is 1. The molecular weight excluding hydrogens is 449 g/mol. The molecule has 2 fully saturated rings. The quantitative estimate of drug-likeness (QED) is 0.577. The molecule has 0 radical (unpaired) electrons. The topological polar surface area (TPSA) is 69.0 Å². The largest absolute Gasteiger partial charge is 0.444 e. The van der Waals surface area contributed by atoms with Crippen LogP contribution in [-0.2, 0) is 15.1 Å². The molecule has 0 aromatic carbocycles. The second kappa shape index (κ2) is 8.70. The third-order valence-corrected chi connectivity index (χ3v) is 6.65. The predicted octanol–water partition coefficient (Wildman–Crippen LogP) is 5.36. The summed E-state index contributed by atoms with van der Waals surface area (Å²) in [5.41, 5.74) is 1.45. The van der Waals surface area contributed by atoms with Crippen LogP contribution in [0, 0.1) is 12.8 Å². The van der Waals surface area contributed by atoms with Gasteiger partial charge in [0.05, 0.1) is 30.5 Å². The van der Waals surface area contributed by atoms with E-state index in [1.807, 2.05) is 46.8 Å². The van der Waals surface area contributed by atoms with E-state index in [0.717, 1.165) is 17.1 Å². The minimum Gasteiger partial charge on any atom is -0.444 e. The van der Waals surface area contributed by atoms with E-state index in [1.54, 1.807) is 9.42 Å². The molecule has 0 N–H and O–H groups in total. The molecular formula is C24H33F3N4O3. The maximum absolute atomic E-state index is 13.1. The van der Waals surface area contributed by atoms with Crippen LogP contribution in [0.4, 0.5) is 18.0 Å². The summed E-state index contributed by atoms with van der Waals surface area (Å²) in [4.78, 5) is 18.9. The number of hydrogen-bond acceptors (Lipinski definition) is 5. The third kappa shape index (κ3) is 5.16. The molecule has 3 heterocycles. The van der Waals surface area contributed by atoms with Crippen molar-refractivity contribution in [3.63, 3.8) is 0 Å². The number of nitrogens with zero attached hydrogens (tertiary/aromatic N) is 4. The number of aromatic nitrogens is 3. The Morgan fingerprint density at radius 1 is 1.18 bits per heavy atom. The number of halogens is 3. The van der Waals surface area contributed by atoms with Gasteiger partial charge in [-0.1, -0.05) is 0 Å². The number of aryl methyl sites for hydroxylation is 1. The van der Waals surface area contributed by atoms with Gasteiger partial charge in [0.1, 0.15) is 11.2 Å². The summed E-state index contributed by atoms with van der Waals surface area (Å²) < 4.78 is 52.7. The molecule has 2 aliphatic rings. The number of hydrogen-bond donors (Lipinski definition) is 0. The lowest BCUT2D eigenvalue weighted by atomic mass is 9.80. The van der Waals surface area contributed by atoms with Gasteiger partial charge < -0.3 is 14.4 Å². The van der Waals surface area contributed by atoms with Gasteiger partial charge in [-0.3, -0.25) is 0 Å². The van der Waals surface area contributed by atoms with Crippen LogP contribution < -0.4 is 0 Å². The van der Waals surface area contributed by atoms with E-state index in [0.29, 0.717) is 31.6 Å². The number of morpholine rings is 1. The smallest absolute Gasteiger partial charge is 0.410 e. The summed E-state index contributed by atoms with van der Waals surface area (Å²) in [5, 5.41) is 4.77. The summed E-state index contributed by atoms with van der Waals surface area (Å²) in [5.74, 6) is -1.27. The minimum atomic E-state index is -4.14. The van der Waals surface area contributed by atoms with Crippen LogP contribution in [0.2, 0.25) is 0 Å². The first-order chi connectivity index (χ1) is 15.7. The maximum Gasteiger partial charge on any atom is 0.410 e. The molecule has 1 amide bonds. The third-order valence-electron chi connectivity index (χ3n) is 6.65. The van der Waals surface area contributed by atoms with Gasteiger partial charge in [0.15, 0.2) is 5.65 Å². The van der Waals surface area contributed by atoms with Crippen molar-refractivity contribution in [1.82, 2.24) is 19.5 Å². The molecule has 1 unspecified atom stereocenters. The van der Waals surface area contributed by atoms with Gasteiger partial charge in [0, 0.05) is 24.2 Å². The molecule has 2 aromatic rings. The lowest BCUT2D eigenvalue weighted by Crippen LogP contribution is -2.52. The second-order valence-corrected chi connectivity index (χ2v) is 10.7. The molecule has 7 nitrogen and oxygen atoms in total. The second-order valence-electron chi connectivity index (χ2n) is 10.7. The monoisotopic (exact) mass is 482 g/mol. The Morgan fingerprint density at radius 2 is 1.85 bits per heavy atom. The lowest BCUT2D eigenvalue weighted by Gasteiger charge is -2.40. The van der Waals surface area contributed by atoms with Crippen molar-refractivity contribution in [2.24, 2.45) is 5.92 Å². The molecule has 0 bridgehead atoms. The molecule has 2 aromatic heterocycles. The Hall–Kier alpha value is -2.36. The van der Waals surface area contributed by atoms with Crippen molar-refractivity contribution in [3.8, 4) is 0 Å². The Kier molecular flexibility index (Phi) is 6.33. The zero-order valence-electron chi connectivity index (χ0n) is 20.4. The number of carbonyl (C=O) groups is 1. The summed E-state index contributed by atoms with van der Waals surface area (Å²) in [7, 11) is 0. The molecule has 1 atom stereocenters. The maximum atomic E-state index is 13.1. The number of fused-ring (bicyclic) bond motifs is 1. The molecule has 34 heavy (non-hydrogen) atoms. The van der Waals surface area contributed by atoms with Crippen molar-refractivity contribution in [3.05, 3.63) is 29.2 Å². The van der Waals surface area contributed by atoms with E-state index < -0.39 is 29.4 Å². The van der Waals surface area contributed by atoms with Crippen molar-refractivity contribution in [2.75, 3.05) is 19.7 Å². The molecule has 1 saturated heterocycles. The molecule has 10 heteroatoms. The Morgan fingerprint density at radius 3 is 2.47 bits per heavy atom. The summed E-state index contributed by atoms with van der Waals surface area (Å²) in [6.07, 6.45) is -3.40. The summed E-state index contributed by atoms with van der Waals surface area (Å²) in [6.45, 7) is 10.3. The molecule has 1 aliphatic carbocycles. The SMILES string of the molecule is Cc1cc(C2(C)CN(C(=O)OC(C)(C)C)CCO2)n2nc([C@H]3CC[C@H](C(F)(F)F)CC3)cc2n1. The fraction of sp³-hybridized carbons (Fsp3) is 0.708. The molecule has 1 saturated carbocycles. The molecule has 4 rings (SSSR count). The highest BCUT2D eigenvalue weighted by molar-refractivity contribution is 5.68. The van der Waals surface area contributed by atoms with Crippen molar-refractivity contribution < 1.29 is 27.4 Å². The number of rotatable bonds is 2. The van der Waals surface area contributed by atoms with Gasteiger partial charge in [0.2, 0.25) is 0 Å². The summed E-state index contributed by atoms with van der Waals surface area (Å²) in [6, 6.07) is 3.76. The average molecular weight is 483 g/mol. The Bertz CT molecular complexity index is 1050. The highest BCUT2D eigenvalue weighted by Gasteiger charge is 2.43. The van der Waals surface area contributed by atoms with Crippen LogP contribution >= 0.6 is 0 Å². The number of ether oxygens (including phenoxy) is 2. The zero-order valence-corrected chi connectivity index (χ0v) is 20.4. The molecule has 188 valence electrons. The van der Waals surface area contributed by atoms with E-state index in [1.165, 1.54) is 0 Å². The first kappa shape index (κ1) is 24.8. The van der Waals surface area contributed by atoms with Gasteiger partial charge in [-0.25, -0.2) is 14.3 Å². The fourth-order valence-electron chi connectivity index (χ4n) is 4.92. The van der Waals surface area contributed by atoms with Gasteiger partial charge in [0.25, 0.3) is 0 Å². The molecule has 1 aliphatic heterocycles. The van der Waals surface area contributed by atoms with E-state index in [2.05, 4.69) is 4.98 Å². The van der Waals surface area contributed by atoms with Crippen LogP contribution in [-0.4, -0.2) is 57.1 Å². The van der Waals surface area contributed by atoms with Crippen molar-refractivity contribution in [2.45, 2.75) is 83.6 Å². The van der Waals surface area contributed by atoms with Gasteiger partial charge in [-0.15, -0.1) is 0 Å². The predicted molar refractivity (Wildman–Crippen MR) is 120 cm³/mol. The van der Waals surface area contributed by atoms with Gasteiger partial charge in [-0.05, 0) is 66.4 Å². The van der Waals surface area contributed by atoms with Crippen molar-refractivity contribution in [1.29, 1.82) is 0 Å². The highest BCUT2D eigenvalue weighted by Crippen LogP contribution is 2.43. The van der Waals surface area contributed by atoms with E-state index >= 15 is 0 Å². The van der Waals surface area contributed by atoms with E-state index in [4.69, 9.17) is 14.6 Å². The van der Waals surface area contributed by atoms with Gasteiger partial charge >= 0.3 is 12.3 Å². The van der Waals surface area contributed by atoms with E-state index in [-0.39, 0.29) is 25.3 Å². The van der Waals surface area contributed by atoms with E-state index in [9.17, 15) is 18.0 Å². The number of alkyl halides is 3. The Balaban J connectivity index is 1.60. The van der Waals surface area contributed by atoms with Crippen LogP contribution in [0.3, 0.4) is 0 Å². The average Bonchev–Trinajstić information content (AvgIpc) is 3.15. The standard InChI is InChI=1S/C24H33F3N4O3/c1-15-12-19(23(5)14-30(10-11-33-23)21(32)34-22(2,3)4)31-20(28-15)13-18(29-31)16-6-8-17(9-7-16)24(25,26)27/h12-13,16-17H,6-11,14H2,1-5H3/t16-,17-,23?. The van der Waals surface area contributed by atoms with Crippen LogP contribution in [0.5, 0.6) is 0 Å². The van der Waals surface area contributed by atoms with Crippen LogP contribution in [0.25, 0.3) is 5.65 Å². The van der Waals surface area contributed by atoms with Crippen LogP contribution in [0.1, 0.15) is 76.4 Å². The summed E-state index contributed by atoms with van der Waals surface area (Å²) >= 11 is 0. The fourth-order valence-corrected chi connectivity index (χ4v) is 4.92. The highest BCUT2D eigenvalue weighted by atomic mass is 19.4. The zero-order chi connectivity index (χ0) is 24.9. The lowest BCUT2D eigenvalue weighted by molar-refractivity contribution is -0.182. The minimum absolute atomic E-state index is 0.0354. The number of amides is 1. The first-order valence-corrected chi connectivity index (χ1v) is 11.8. The molecule has 0 spiro atoms. The van der Waals surface area contributed by atoms with Crippen LogP contribution in [0.15, 0.2) is 12.1 Å².